The fourth-order valence-corrected chi connectivity index (χ4v) is 4.43. The van der Waals surface area contributed by atoms with Crippen molar-refractivity contribution in [2.75, 3.05) is 32.0 Å². The van der Waals surface area contributed by atoms with Crippen molar-refractivity contribution < 1.29 is 19.1 Å². The molecular weight excluding hydrogens is 396 g/mol. The summed E-state index contributed by atoms with van der Waals surface area (Å²) in [7, 11) is 0. The highest BCUT2D eigenvalue weighted by Crippen LogP contribution is 2.39. The number of benzene rings is 1. The van der Waals surface area contributed by atoms with Crippen molar-refractivity contribution in [2.24, 2.45) is 5.41 Å². The number of nitrogens with zero attached hydrogens (tertiary/aromatic N) is 3. The van der Waals surface area contributed by atoms with Crippen LogP contribution >= 0.6 is 0 Å². The number of hydrogen-bond acceptors (Lipinski definition) is 7. The number of nitrogen functional groups attached to an aromatic ring is 1. The molecule has 0 aliphatic carbocycles. The fraction of sp³-hybridized carbons (Fsp3) is 0.478. The van der Waals surface area contributed by atoms with Crippen LogP contribution in [0.3, 0.4) is 0 Å². The highest BCUT2D eigenvalue weighted by molar-refractivity contribution is 5.96. The van der Waals surface area contributed by atoms with Gasteiger partial charge < -0.3 is 20.1 Å². The smallest absolute Gasteiger partial charge is 0.312 e. The predicted octanol–water partition coefficient (Wildman–Crippen LogP) is 2.63. The van der Waals surface area contributed by atoms with E-state index < -0.39 is 5.41 Å². The Kier molecular flexibility index (Phi) is 6.34. The number of nitrogens with two attached hydrogens (primary N) is 1. The number of amides is 1. The van der Waals surface area contributed by atoms with Gasteiger partial charge in [-0.05, 0) is 43.7 Å². The number of carbonyl (C=O) groups excluding carboxylic acids is 2. The lowest BCUT2D eigenvalue weighted by Crippen LogP contribution is -2.47. The first kappa shape index (κ1) is 21.1. The van der Waals surface area contributed by atoms with Crippen molar-refractivity contribution >= 4 is 17.7 Å². The third-order valence-corrected chi connectivity index (χ3v) is 6.27. The summed E-state index contributed by atoms with van der Waals surface area (Å²) in [6, 6.07) is 8.02. The largest absolute Gasteiger partial charge is 0.490 e. The van der Waals surface area contributed by atoms with Crippen LogP contribution in [0.25, 0.3) is 0 Å². The summed E-state index contributed by atoms with van der Waals surface area (Å²) in [5.74, 6) is 0.561. The third-order valence-electron chi connectivity index (χ3n) is 6.27. The lowest BCUT2D eigenvalue weighted by Gasteiger charge is -2.40. The van der Waals surface area contributed by atoms with Gasteiger partial charge in [0.15, 0.2) is 11.5 Å². The molecule has 2 aromatic rings. The molecule has 8 heteroatoms. The van der Waals surface area contributed by atoms with E-state index in [1.54, 1.807) is 4.90 Å². The second-order valence-corrected chi connectivity index (χ2v) is 8.16. The number of para-hydroxylation sites is 1. The zero-order valence-corrected chi connectivity index (χ0v) is 17.6. The van der Waals surface area contributed by atoms with Gasteiger partial charge in [-0.1, -0.05) is 24.6 Å². The van der Waals surface area contributed by atoms with Crippen molar-refractivity contribution in [3.05, 3.63) is 47.9 Å². The molecule has 4 rings (SSSR count). The molecule has 2 aliphatic rings. The van der Waals surface area contributed by atoms with E-state index in [9.17, 15) is 9.59 Å². The Morgan fingerprint density at radius 3 is 2.55 bits per heavy atom. The maximum Gasteiger partial charge on any atom is 0.312 e. The summed E-state index contributed by atoms with van der Waals surface area (Å²) in [4.78, 5) is 35.6. The molecule has 1 saturated heterocycles. The summed E-state index contributed by atoms with van der Waals surface area (Å²) in [6.07, 6.45) is 7.59. The number of piperidine rings is 1. The second kappa shape index (κ2) is 9.32. The average Bonchev–Trinajstić information content (AvgIpc) is 2.80. The van der Waals surface area contributed by atoms with Crippen molar-refractivity contribution in [2.45, 2.75) is 38.5 Å². The summed E-state index contributed by atoms with van der Waals surface area (Å²) < 4.78 is 11.5. The van der Waals surface area contributed by atoms with Crippen LogP contribution in [0.1, 0.15) is 48.2 Å². The first-order chi connectivity index (χ1) is 15.1. The summed E-state index contributed by atoms with van der Waals surface area (Å²) >= 11 is 0. The lowest BCUT2D eigenvalue weighted by molar-refractivity contribution is -0.160. The van der Waals surface area contributed by atoms with Crippen LogP contribution < -0.4 is 10.5 Å². The summed E-state index contributed by atoms with van der Waals surface area (Å²) in [6.45, 7) is 1.47. The predicted molar refractivity (Wildman–Crippen MR) is 114 cm³/mol. The van der Waals surface area contributed by atoms with E-state index in [0.717, 1.165) is 31.4 Å². The van der Waals surface area contributed by atoms with Crippen LogP contribution in [-0.4, -0.2) is 53.0 Å². The van der Waals surface area contributed by atoms with Gasteiger partial charge in [0, 0.05) is 25.5 Å². The number of anilines is 1. The molecule has 0 radical (unpaired) electrons. The fourth-order valence-electron chi connectivity index (χ4n) is 4.43. The van der Waals surface area contributed by atoms with Crippen LogP contribution in [0.15, 0.2) is 36.7 Å². The first-order valence-corrected chi connectivity index (χ1v) is 10.8. The highest BCUT2D eigenvalue weighted by atomic mass is 16.6. The standard InChI is InChI=1S/C23H28N4O4/c24-20-19(25-11-12-26-20)21(28)27-13-9-23(10-14-27)8-4-3-6-17-5-1-2-7-18(17)30-15-16-31-22(23)29/h1-2,5,7,11-12H,3-4,6,8-10,13-16H2,(H2,24,26). The molecule has 164 valence electrons. The lowest BCUT2D eigenvalue weighted by atomic mass is 9.74. The Morgan fingerprint density at radius 2 is 1.74 bits per heavy atom. The molecule has 1 amide bonds. The number of ether oxygens (including phenoxy) is 2. The van der Waals surface area contributed by atoms with Gasteiger partial charge in [0.25, 0.3) is 5.91 Å². The number of fused-ring (bicyclic) bond motifs is 1. The number of aromatic nitrogens is 2. The zero-order chi connectivity index (χ0) is 21.7. The molecule has 1 fully saturated rings. The number of carbonyl (C=O) groups is 2. The number of rotatable bonds is 1. The van der Waals surface area contributed by atoms with Gasteiger partial charge in [-0.3, -0.25) is 9.59 Å². The maximum atomic E-state index is 13.0. The molecule has 2 aliphatic heterocycles. The number of esters is 1. The van der Waals surface area contributed by atoms with Gasteiger partial charge >= 0.3 is 5.97 Å². The third kappa shape index (κ3) is 4.62. The van der Waals surface area contributed by atoms with Gasteiger partial charge in [-0.15, -0.1) is 0 Å². The molecule has 1 aromatic carbocycles. The molecule has 0 saturated carbocycles. The van der Waals surface area contributed by atoms with Crippen LogP contribution in [0.4, 0.5) is 5.82 Å². The van der Waals surface area contributed by atoms with E-state index >= 15 is 0 Å². The van der Waals surface area contributed by atoms with Gasteiger partial charge in [0.1, 0.15) is 19.0 Å². The molecule has 3 heterocycles. The first-order valence-electron chi connectivity index (χ1n) is 10.8. The molecule has 0 bridgehead atoms. The van der Waals surface area contributed by atoms with Crippen LogP contribution in [0, 0.1) is 5.41 Å². The van der Waals surface area contributed by atoms with Gasteiger partial charge in [-0.2, -0.15) is 0 Å². The molecule has 0 atom stereocenters. The number of likely N-dealkylation sites (tertiary alicyclic amines) is 1. The summed E-state index contributed by atoms with van der Waals surface area (Å²) in [5.41, 5.74) is 6.59. The molecule has 2 N–H and O–H groups in total. The Balaban J connectivity index is 1.43. The maximum absolute atomic E-state index is 13.0. The van der Waals surface area contributed by atoms with E-state index in [1.165, 1.54) is 18.0 Å². The highest BCUT2D eigenvalue weighted by Gasteiger charge is 2.43. The normalized spacial score (nSPS) is 19.4. The minimum Gasteiger partial charge on any atom is -0.490 e. The van der Waals surface area contributed by atoms with E-state index in [-0.39, 0.29) is 30.0 Å². The Labute approximate surface area is 181 Å². The van der Waals surface area contributed by atoms with Crippen molar-refractivity contribution in [1.29, 1.82) is 0 Å². The topological polar surface area (TPSA) is 108 Å². The Bertz CT molecular complexity index is 941. The number of cyclic esters (lactones) is 1. The molecule has 0 unspecified atom stereocenters. The van der Waals surface area contributed by atoms with Crippen LogP contribution in [0.2, 0.25) is 0 Å². The molecule has 1 spiro atoms. The quantitative estimate of drug-likeness (QED) is 0.701. The van der Waals surface area contributed by atoms with Crippen LogP contribution in [0.5, 0.6) is 5.75 Å². The zero-order valence-electron chi connectivity index (χ0n) is 17.6. The molecule has 31 heavy (non-hydrogen) atoms. The van der Waals surface area contributed by atoms with E-state index in [1.807, 2.05) is 18.2 Å². The minimum atomic E-state index is -0.566. The average molecular weight is 425 g/mol. The Hall–Kier alpha value is -3.16. The number of aryl methyl sites for hydroxylation is 1. The monoisotopic (exact) mass is 424 g/mol. The van der Waals surface area contributed by atoms with Gasteiger partial charge in [0.05, 0.1) is 5.41 Å². The number of hydrogen-bond donors (Lipinski definition) is 1. The van der Waals surface area contributed by atoms with E-state index in [0.29, 0.717) is 32.5 Å². The van der Waals surface area contributed by atoms with Crippen molar-refractivity contribution in [1.82, 2.24) is 14.9 Å². The Morgan fingerprint density at radius 1 is 1.00 bits per heavy atom. The minimum absolute atomic E-state index is 0.124. The molecule has 8 nitrogen and oxygen atoms in total. The molecule has 1 aromatic heterocycles. The SMILES string of the molecule is Nc1nccnc1C(=O)N1CCC2(CCCCc3ccccc3OCCOC2=O)CC1. The van der Waals surface area contributed by atoms with Crippen molar-refractivity contribution in [3.8, 4) is 5.75 Å². The van der Waals surface area contributed by atoms with Gasteiger partial charge in [0.2, 0.25) is 0 Å². The van der Waals surface area contributed by atoms with E-state index in [2.05, 4.69) is 16.0 Å². The second-order valence-electron chi connectivity index (χ2n) is 8.16. The summed E-state index contributed by atoms with van der Waals surface area (Å²) in [5, 5.41) is 0. The van der Waals surface area contributed by atoms with E-state index in [4.69, 9.17) is 15.2 Å². The van der Waals surface area contributed by atoms with Crippen LogP contribution in [-0.2, 0) is 16.0 Å². The molecular formula is C23H28N4O4. The van der Waals surface area contributed by atoms with Gasteiger partial charge in [-0.25, -0.2) is 9.97 Å². The van der Waals surface area contributed by atoms with Crippen molar-refractivity contribution in [3.63, 3.8) is 0 Å².